The zero-order valence-corrected chi connectivity index (χ0v) is 14.3. The Kier molecular flexibility index (Phi) is 5.14. The molecule has 1 unspecified atom stereocenters. The molecule has 1 aliphatic rings. The second-order valence-corrected chi connectivity index (χ2v) is 8.36. The maximum Gasteiger partial charge on any atom is 0.241 e. The summed E-state index contributed by atoms with van der Waals surface area (Å²) in [4.78, 5) is 0.240. The third-order valence-corrected chi connectivity index (χ3v) is 5.62. The van der Waals surface area contributed by atoms with Crippen LogP contribution in [0.3, 0.4) is 0 Å². The number of rotatable bonds is 8. The van der Waals surface area contributed by atoms with Gasteiger partial charge in [0.25, 0.3) is 0 Å². The van der Waals surface area contributed by atoms with E-state index in [-0.39, 0.29) is 4.90 Å². The molecule has 6 heteroatoms. The third-order valence-electron chi connectivity index (χ3n) is 3.99. The molecule has 1 fully saturated rings. The lowest BCUT2D eigenvalue weighted by atomic mass is 9.98. The first-order chi connectivity index (χ1) is 10.3. The van der Waals surface area contributed by atoms with Crippen LogP contribution in [-0.2, 0) is 10.0 Å². The molecule has 0 spiro atoms. The van der Waals surface area contributed by atoms with Crippen LogP contribution in [0.15, 0.2) is 29.2 Å². The lowest BCUT2D eigenvalue weighted by molar-refractivity contribution is 0.271. The van der Waals surface area contributed by atoms with Crippen LogP contribution >= 0.6 is 0 Å². The van der Waals surface area contributed by atoms with Crippen molar-refractivity contribution in [1.82, 2.24) is 4.72 Å². The zero-order valence-electron chi connectivity index (χ0n) is 13.5. The fraction of sp³-hybridized carbons (Fsp3) is 0.625. The molecule has 3 N–H and O–H groups in total. The summed E-state index contributed by atoms with van der Waals surface area (Å²) >= 11 is 0. The Hall–Kier alpha value is -1.11. The predicted molar refractivity (Wildman–Crippen MR) is 87.3 cm³/mol. The average Bonchev–Trinajstić information content (AvgIpc) is 3.30. The van der Waals surface area contributed by atoms with Gasteiger partial charge in [0.15, 0.2) is 0 Å². The van der Waals surface area contributed by atoms with Crippen molar-refractivity contribution < 1.29 is 13.2 Å². The molecule has 0 amide bonds. The Morgan fingerprint density at radius 2 is 1.91 bits per heavy atom. The van der Waals surface area contributed by atoms with Crippen molar-refractivity contribution in [1.29, 1.82) is 0 Å². The molecule has 0 heterocycles. The Morgan fingerprint density at radius 3 is 2.36 bits per heavy atom. The fourth-order valence-corrected chi connectivity index (χ4v) is 3.83. The topological polar surface area (TPSA) is 81.4 Å². The number of sulfonamides is 1. The summed E-state index contributed by atoms with van der Waals surface area (Å²) in [5.41, 5.74) is 5.21. The molecule has 1 saturated carbocycles. The van der Waals surface area contributed by atoms with Gasteiger partial charge in [-0.05, 0) is 55.9 Å². The SMILES string of the molecule is CC(C)COc1ccc(S(=O)(=O)NC(C)(CN)C2CC2)cc1. The second-order valence-electron chi connectivity index (χ2n) is 6.68. The van der Waals surface area contributed by atoms with Crippen LogP contribution in [0.25, 0.3) is 0 Å². The summed E-state index contributed by atoms with van der Waals surface area (Å²) in [7, 11) is -3.57. The van der Waals surface area contributed by atoms with E-state index in [1.165, 1.54) is 0 Å². The molecule has 0 bridgehead atoms. The quantitative estimate of drug-likeness (QED) is 0.767. The zero-order chi connectivity index (χ0) is 16.4. The highest BCUT2D eigenvalue weighted by atomic mass is 32.2. The van der Waals surface area contributed by atoms with Gasteiger partial charge in [-0.1, -0.05) is 13.8 Å². The summed E-state index contributed by atoms with van der Waals surface area (Å²) in [6.07, 6.45) is 2.05. The van der Waals surface area contributed by atoms with Crippen LogP contribution in [0.4, 0.5) is 0 Å². The molecule has 0 aliphatic heterocycles. The van der Waals surface area contributed by atoms with Gasteiger partial charge in [0.2, 0.25) is 10.0 Å². The van der Waals surface area contributed by atoms with Crippen LogP contribution in [0, 0.1) is 11.8 Å². The van der Waals surface area contributed by atoms with Crippen LogP contribution in [-0.4, -0.2) is 27.1 Å². The molecule has 1 aromatic carbocycles. The van der Waals surface area contributed by atoms with E-state index in [9.17, 15) is 8.42 Å². The van der Waals surface area contributed by atoms with Gasteiger partial charge < -0.3 is 10.5 Å². The fourth-order valence-electron chi connectivity index (χ4n) is 2.36. The van der Waals surface area contributed by atoms with Crippen molar-refractivity contribution in [3.8, 4) is 5.75 Å². The lowest BCUT2D eigenvalue weighted by Gasteiger charge is -2.29. The number of nitrogens with one attached hydrogen (secondary N) is 1. The van der Waals surface area contributed by atoms with E-state index in [0.29, 0.717) is 30.7 Å². The standard InChI is InChI=1S/C16H26N2O3S/c1-12(2)10-21-14-6-8-15(9-7-14)22(19,20)18-16(3,11-17)13-4-5-13/h6-9,12-13,18H,4-5,10-11,17H2,1-3H3. The van der Waals surface area contributed by atoms with Gasteiger partial charge in [-0.25, -0.2) is 13.1 Å². The van der Waals surface area contributed by atoms with E-state index in [0.717, 1.165) is 12.8 Å². The maximum absolute atomic E-state index is 12.5. The van der Waals surface area contributed by atoms with E-state index >= 15 is 0 Å². The Morgan fingerprint density at radius 1 is 1.32 bits per heavy atom. The number of ether oxygens (including phenoxy) is 1. The number of hydrogen-bond donors (Lipinski definition) is 2. The summed E-state index contributed by atoms with van der Waals surface area (Å²) in [6.45, 7) is 6.91. The normalized spacial score (nSPS) is 18.2. The number of nitrogens with two attached hydrogens (primary N) is 1. The maximum atomic E-state index is 12.5. The van der Waals surface area contributed by atoms with Gasteiger partial charge in [0.05, 0.1) is 11.5 Å². The molecule has 2 rings (SSSR count). The van der Waals surface area contributed by atoms with E-state index in [1.54, 1.807) is 24.3 Å². The molecule has 0 radical (unpaired) electrons. The van der Waals surface area contributed by atoms with Gasteiger partial charge in [-0.3, -0.25) is 0 Å². The van der Waals surface area contributed by atoms with Crippen LogP contribution < -0.4 is 15.2 Å². The lowest BCUT2D eigenvalue weighted by Crippen LogP contribution is -2.52. The van der Waals surface area contributed by atoms with Gasteiger partial charge in [0, 0.05) is 12.1 Å². The van der Waals surface area contributed by atoms with Crippen molar-refractivity contribution in [2.45, 2.75) is 44.0 Å². The number of hydrogen-bond acceptors (Lipinski definition) is 4. The van der Waals surface area contributed by atoms with Crippen molar-refractivity contribution >= 4 is 10.0 Å². The van der Waals surface area contributed by atoms with E-state index in [1.807, 2.05) is 6.92 Å². The molecule has 22 heavy (non-hydrogen) atoms. The van der Waals surface area contributed by atoms with Crippen molar-refractivity contribution in [2.75, 3.05) is 13.2 Å². The molecule has 1 aliphatic carbocycles. The molecule has 124 valence electrons. The highest BCUT2D eigenvalue weighted by Crippen LogP contribution is 2.39. The van der Waals surface area contributed by atoms with Crippen molar-refractivity contribution in [3.63, 3.8) is 0 Å². The molecular weight excluding hydrogens is 300 g/mol. The second kappa shape index (κ2) is 6.56. The van der Waals surface area contributed by atoms with Crippen LogP contribution in [0.1, 0.15) is 33.6 Å². The van der Waals surface area contributed by atoms with Crippen molar-refractivity contribution in [2.24, 2.45) is 17.6 Å². The molecule has 0 saturated heterocycles. The monoisotopic (exact) mass is 326 g/mol. The predicted octanol–water partition coefficient (Wildman–Crippen LogP) is 2.13. The van der Waals surface area contributed by atoms with Gasteiger partial charge in [-0.15, -0.1) is 0 Å². The minimum absolute atomic E-state index is 0.240. The summed E-state index contributed by atoms with van der Waals surface area (Å²) in [5, 5.41) is 0. The largest absolute Gasteiger partial charge is 0.493 e. The highest BCUT2D eigenvalue weighted by molar-refractivity contribution is 7.89. The Bertz CT molecular complexity index is 594. The Labute approximate surface area is 133 Å². The molecule has 0 aromatic heterocycles. The Balaban J connectivity index is 2.09. The summed E-state index contributed by atoms with van der Waals surface area (Å²) in [5.74, 6) is 1.44. The highest BCUT2D eigenvalue weighted by Gasteiger charge is 2.43. The minimum Gasteiger partial charge on any atom is -0.493 e. The summed E-state index contributed by atoms with van der Waals surface area (Å²) < 4.78 is 33.4. The van der Waals surface area contributed by atoms with Crippen molar-refractivity contribution in [3.05, 3.63) is 24.3 Å². The minimum atomic E-state index is -3.57. The van der Waals surface area contributed by atoms with Crippen LogP contribution in [0.5, 0.6) is 5.75 Å². The third kappa shape index (κ3) is 4.21. The van der Waals surface area contributed by atoms with Gasteiger partial charge in [0.1, 0.15) is 5.75 Å². The molecule has 1 atom stereocenters. The average molecular weight is 326 g/mol. The molecule has 1 aromatic rings. The van der Waals surface area contributed by atoms with E-state index in [2.05, 4.69) is 18.6 Å². The molecular formula is C16H26N2O3S. The van der Waals surface area contributed by atoms with Gasteiger partial charge in [-0.2, -0.15) is 0 Å². The van der Waals surface area contributed by atoms with E-state index in [4.69, 9.17) is 10.5 Å². The smallest absolute Gasteiger partial charge is 0.241 e. The number of benzene rings is 1. The molecule has 5 nitrogen and oxygen atoms in total. The van der Waals surface area contributed by atoms with Gasteiger partial charge >= 0.3 is 0 Å². The summed E-state index contributed by atoms with van der Waals surface area (Å²) in [6, 6.07) is 6.52. The first-order valence-electron chi connectivity index (χ1n) is 7.74. The first-order valence-corrected chi connectivity index (χ1v) is 9.22. The van der Waals surface area contributed by atoms with E-state index < -0.39 is 15.6 Å². The first kappa shape index (κ1) is 17.2. The van der Waals surface area contributed by atoms with Crippen LogP contribution in [0.2, 0.25) is 0 Å².